The van der Waals surface area contributed by atoms with E-state index in [1.54, 1.807) is 26.8 Å². The van der Waals surface area contributed by atoms with Crippen LogP contribution in [0.15, 0.2) is 12.2 Å². The van der Waals surface area contributed by atoms with Gasteiger partial charge in [-0.15, -0.1) is 0 Å². The molecule has 0 aromatic rings. The summed E-state index contributed by atoms with van der Waals surface area (Å²) in [6.45, 7) is 4.78. The second-order valence-electron chi connectivity index (χ2n) is 6.11. The van der Waals surface area contributed by atoms with Crippen molar-refractivity contribution < 1.29 is 39.4 Å². The average Bonchev–Trinajstić information content (AvgIpc) is 2.51. The van der Waals surface area contributed by atoms with Crippen molar-refractivity contribution in [3.63, 3.8) is 0 Å². The Hall–Kier alpha value is -1.03. The van der Waals surface area contributed by atoms with Crippen LogP contribution in [0.5, 0.6) is 0 Å². The fourth-order valence-electron chi connectivity index (χ4n) is 2.26. The molecule has 1 fully saturated rings. The molecule has 1 heterocycles. The SMILES string of the molecule is CC(C)OC(=O)/C=C\CC[C@@H](C)O[C@@H]1O[C@@H](CO)[C@H](O)[C@@H](O)[C@H]1O. The van der Waals surface area contributed by atoms with E-state index in [-0.39, 0.29) is 12.2 Å². The third-order valence-electron chi connectivity index (χ3n) is 3.56. The Morgan fingerprint density at radius 1 is 1.17 bits per heavy atom. The Bertz CT molecular complexity index is 409. The number of ether oxygens (including phenoxy) is 3. The molecule has 0 radical (unpaired) electrons. The summed E-state index contributed by atoms with van der Waals surface area (Å²) in [4.78, 5) is 11.3. The lowest BCUT2D eigenvalue weighted by molar-refractivity contribution is -0.310. The van der Waals surface area contributed by atoms with Gasteiger partial charge in [-0.2, -0.15) is 0 Å². The minimum Gasteiger partial charge on any atom is -0.460 e. The van der Waals surface area contributed by atoms with Gasteiger partial charge in [-0.25, -0.2) is 4.79 Å². The van der Waals surface area contributed by atoms with Crippen LogP contribution in [0.25, 0.3) is 0 Å². The van der Waals surface area contributed by atoms with E-state index in [1.165, 1.54) is 6.08 Å². The molecule has 0 unspecified atom stereocenters. The Balaban J connectivity index is 2.40. The smallest absolute Gasteiger partial charge is 0.330 e. The van der Waals surface area contributed by atoms with E-state index in [4.69, 9.17) is 19.3 Å². The summed E-state index contributed by atoms with van der Waals surface area (Å²) in [7, 11) is 0. The maximum absolute atomic E-state index is 11.3. The number of esters is 1. The minimum atomic E-state index is -1.46. The number of rotatable bonds is 8. The third kappa shape index (κ3) is 6.46. The van der Waals surface area contributed by atoms with Gasteiger partial charge in [-0.3, -0.25) is 0 Å². The number of carbonyl (C=O) groups excluding carboxylic acids is 1. The van der Waals surface area contributed by atoms with E-state index >= 15 is 0 Å². The predicted octanol–water partition coefficient (Wildman–Crippen LogP) is -0.521. The lowest BCUT2D eigenvalue weighted by atomic mass is 9.99. The minimum absolute atomic E-state index is 0.171. The molecule has 0 aromatic carbocycles. The molecule has 6 atom stereocenters. The molecular weight excluding hydrogens is 320 g/mol. The Morgan fingerprint density at radius 3 is 2.42 bits per heavy atom. The van der Waals surface area contributed by atoms with Gasteiger partial charge in [-0.05, 0) is 33.6 Å². The standard InChI is InChI=1S/C16H28O8/c1-9(2)22-12(18)7-5-4-6-10(3)23-16-15(21)14(20)13(19)11(8-17)24-16/h5,7,9-11,13-17,19-21H,4,6,8H2,1-3H3/b7-5-/t10-,11+,13+,14-,15-,16-/m1/s1. The molecule has 0 amide bonds. The molecule has 24 heavy (non-hydrogen) atoms. The van der Waals surface area contributed by atoms with Crippen LogP contribution in [0.1, 0.15) is 33.6 Å². The molecule has 0 spiro atoms. The topological polar surface area (TPSA) is 126 Å². The molecule has 4 N–H and O–H groups in total. The monoisotopic (exact) mass is 348 g/mol. The first-order chi connectivity index (χ1) is 11.3. The van der Waals surface area contributed by atoms with Crippen molar-refractivity contribution >= 4 is 5.97 Å². The summed E-state index contributed by atoms with van der Waals surface area (Å²) >= 11 is 0. The summed E-state index contributed by atoms with van der Waals surface area (Å²) in [5.74, 6) is -0.410. The average molecular weight is 348 g/mol. The number of aliphatic hydroxyl groups is 4. The summed E-state index contributed by atoms with van der Waals surface area (Å²) in [5, 5.41) is 38.4. The number of aliphatic hydroxyl groups excluding tert-OH is 4. The van der Waals surface area contributed by atoms with E-state index in [0.29, 0.717) is 12.8 Å². The first-order valence-corrected chi connectivity index (χ1v) is 8.09. The van der Waals surface area contributed by atoms with Gasteiger partial charge in [-0.1, -0.05) is 6.08 Å². The van der Waals surface area contributed by atoms with Gasteiger partial charge in [0.05, 0.1) is 18.8 Å². The van der Waals surface area contributed by atoms with Crippen molar-refractivity contribution in [1.29, 1.82) is 0 Å². The Morgan fingerprint density at radius 2 is 1.83 bits per heavy atom. The largest absolute Gasteiger partial charge is 0.460 e. The lowest BCUT2D eigenvalue weighted by Crippen LogP contribution is -2.59. The zero-order valence-electron chi connectivity index (χ0n) is 14.2. The van der Waals surface area contributed by atoms with Gasteiger partial charge in [0.15, 0.2) is 6.29 Å². The number of hydrogen-bond acceptors (Lipinski definition) is 8. The fraction of sp³-hybridized carbons (Fsp3) is 0.812. The van der Waals surface area contributed by atoms with Crippen LogP contribution in [-0.2, 0) is 19.0 Å². The molecular formula is C16H28O8. The van der Waals surface area contributed by atoms with Crippen LogP contribution in [0.2, 0.25) is 0 Å². The van der Waals surface area contributed by atoms with Crippen molar-refractivity contribution in [3.8, 4) is 0 Å². The van der Waals surface area contributed by atoms with Crippen LogP contribution in [0.4, 0.5) is 0 Å². The molecule has 0 aliphatic carbocycles. The normalized spacial score (nSPS) is 32.2. The summed E-state index contributed by atoms with van der Waals surface area (Å²) in [5.41, 5.74) is 0. The van der Waals surface area contributed by atoms with Gasteiger partial charge in [0.1, 0.15) is 24.4 Å². The van der Waals surface area contributed by atoms with Crippen LogP contribution in [-0.4, -0.2) is 75.9 Å². The molecule has 1 aliphatic heterocycles. The highest BCUT2D eigenvalue weighted by atomic mass is 16.7. The van der Waals surface area contributed by atoms with E-state index in [9.17, 15) is 20.1 Å². The van der Waals surface area contributed by atoms with Crippen LogP contribution < -0.4 is 0 Å². The Kier molecular flexibility index (Phi) is 8.82. The zero-order chi connectivity index (χ0) is 18.3. The highest BCUT2D eigenvalue weighted by Gasteiger charge is 2.44. The third-order valence-corrected chi connectivity index (χ3v) is 3.56. The van der Waals surface area contributed by atoms with Gasteiger partial charge in [0.25, 0.3) is 0 Å². The van der Waals surface area contributed by atoms with Gasteiger partial charge in [0.2, 0.25) is 0 Å². The van der Waals surface area contributed by atoms with E-state index in [2.05, 4.69) is 0 Å². The van der Waals surface area contributed by atoms with Crippen molar-refractivity contribution in [2.75, 3.05) is 6.61 Å². The van der Waals surface area contributed by atoms with E-state index < -0.39 is 43.3 Å². The predicted molar refractivity (Wildman–Crippen MR) is 83.9 cm³/mol. The summed E-state index contributed by atoms with van der Waals surface area (Å²) < 4.78 is 15.7. The second-order valence-corrected chi connectivity index (χ2v) is 6.11. The molecule has 8 heteroatoms. The molecule has 0 aromatic heterocycles. The maximum atomic E-state index is 11.3. The summed E-state index contributed by atoms with van der Waals surface area (Å²) in [6, 6.07) is 0. The van der Waals surface area contributed by atoms with Crippen LogP contribution in [0, 0.1) is 0 Å². The highest BCUT2D eigenvalue weighted by Crippen LogP contribution is 2.23. The van der Waals surface area contributed by atoms with Crippen LogP contribution >= 0.6 is 0 Å². The maximum Gasteiger partial charge on any atom is 0.330 e. The van der Waals surface area contributed by atoms with Crippen LogP contribution in [0.3, 0.4) is 0 Å². The lowest BCUT2D eigenvalue weighted by Gasteiger charge is -2.40. The molecule has 140 valence electrons. The van der Waals surface area contributed by atoms with Crippen molar-refractivity contribution in [3.05, 3.63) is 12.2 Å². The first kappa shape index (κ1) is 21.0. The number of allylic oxidation sites excluding steroid dienone is 1. The molecule has 1 saturated heterocycles. The number of carbonyl (C=O) groups is 1. The second kappa shape index (κ2) is 10.1. The molecule has 8 nitrogen and oxygen atoms in total. The van der Waals surface area contributed by atoms with Gasteiger partial charge < -0.3 is 34.6 Å². The van der Waals surface area contributed by atoms with Gasteiger partial charge >= 0.3 is 5.97 Å². The highest BCUT2D eigenvalue weighted by molar-refractivity contribution is 5.81. The van der Waals surface area contributed by atoms with Crippen molar-refractivity contribution in [2.45, 2.75) is 76.5 Å². The van der Waals surface area contributed by atoms with Crippen molar-refractivity contribution in [1.82, 2.24) is 0 Å². The molecule has 0 bridgehead atoms. The Labute approximate surface area is 141 Å². The zero-order valence-corrected chi connectivity index (χ0v) is 14.2. The quantitative estimate of drug-likeness (QED) is 0.341. The molecule has 0 saturated carbocycles. The van der Waals surface area contributed by atoms with E-state index in [0.717, 1.165) is 0 Å². The summed E-state index contributed by atoms with van der Waals surface area (Å²) in [6.07, 6.45) is -2.83. The van der Waals surface area contributed by atoms with E-state index in [1.807, 2.05) is 0 Å². The fourth-order valence-corrected chi connectivity index (χ4v) is 2.26. The van der Waals surface area contributed by atoms with Gasteiger partial charge in [0, 0.05) is 6.08 Å². The molecule has 1 rings (SSSR count). The number of hydrogen-bond donors (Lipinski definition) is 4. The molecule has 1 aliphatic rings. The first-order valence-electron chi connectivity index (χ1n) is 8.09. The van der Waals surface area contributed by atoms with Crippen molar-refractivity contribution in [2.24, 2.45) is 0 Å².